The second-order valence-corrected chi connectivity index (χ2v) is 14.7. The third kappa shape index (κ3) is 10.4. The van der Waals surface area contributed by atoms with E-state index in [0.717, 1.165) is 17.4 Å². The quantitative estimate of drug-likeness (QED) is 0.224. The predicted octanol–water partition coefficient (Wildman–Crippen LogP) is 7.06. The maximum Gasteiger partial charge on any atom is 0.243 e. The summed E-state index contributed by atoms with van der Waals surface area (Å²) in [5.74, 6) is -0.593. The summed E-state index contributed by atoms with van der Waals surface area (Å²) < 4.78 is 26.8. The smallest absolute Gasteiger partial charge is 0.243 e. The van der Waals surface area contributed by atoms with E-state index in [1.165, 1.54) is 4.31 Å². The molecule has 0 aromatic heterocycles. The topological polar surface area (TPSA) is 86.8 Å². The summed E-state index contributed by atoms with van der Waals surface area (Å²) in [5.41, 5.74) is 2.26. The molecule has 11 heteroatoms. The van der Waals surface area contributed by atoms with Crippen LogP contribution in [0.15, 0.2) is 66.7 Å². The summed E-state index contributed by atoms with van der Waals surface area (Å²) >= 11 is 18.6. The molecule has 1 unspecified atom stereocenters. The van der Waals surface area contributed by atoms with Gasteiger partial charge in [0.15, 0.2) is 0 Å². The highest BCUT2D eigenvalue weighted by Crippen LogP contribution is 2.28. The van der Waals surface area contributed by atoms with Gasteiger partial charge < -0.3 is 10.2 Å². The van der Waals surface area contributed by atoms with E-state index in [4.69, 9.17) is 34.8 Å². The average molecular weight is 667 g/mol. The SMILES string of the molecule is Cc1ccc(Cl)cc1N(CCCC(=O)N(Cc1ccc(Cl)c(Cl)c1)C(Cc1ccccc1)C(=O)NC(C)(C)C)S(C)(=O)=O. The van der Waals surface area contributed by atoms with Crippen molar-refractivity contribution in [2.75, 3.05) is 17.1 Å². The van der Waals surface area contributed by atoms with Gasteiger partial charge in [0.1, 0.15) is 6.04 Å². The zero-order valence-corrected chi connectivity index (χ0v) is 28.1. The van der Waals surface area contributed by atoms with E-state index >= 15 is 0 Å². The molecular formula is C32H38Cl3N3O4S. The number of benzene rings is 3. The Morgan fingerprint density at radius 1 is 0.907 bits per heavy atom. The molecule has 0 heterocycles. The molecule has 3 rings (SSSR count). The monoisotopic (exact) mass is 665 g/mol. The van der Waals surface area contributed by atoms with Crippen molar-refractivity contribution in [3.8, 4) is 0 Å². The van der Waals surface area contributed by atoms with E-state index in [2.05, 4.69) is 5.32 Å². The van der Waals surface area contributed by atoms with Crippen LogP contribution in [0.2, 0.25) is 15.1 Å². The third-order valence-electron chi connectivity index (χ3n) is 6.70. The van der Waals surface area contributed by atoms with Crippen LogP contribution >= 0.6 is 34.8 Å². The van der Waals surface area contributed by atoms with Gasteiger partial charge in [-0.1, -0.05) is 77.3 Å². The Hall–Kier alpha value is -2.78. The van der Waals surface area contributed by atoms with Crippen LogP contribution in [0.3, 0.4) is 0 Å². The van der Waals surface area contributed by atoms with E-state index in [9.17, 15) is 18.0 Å². The molecule has 1 N–H and O–H groups in total. The number of nitrogens with one attached hydrogen (secondary N) is 1. The van der Waals surface area contributed by atoms with E-state index in [1.807, 2.05) is 51.1 Å². The lowest BCUT2D eigenvalue weighted by Gasteiger charge is -2.34. The van der Waals surface area contributed by atoms with Crippen molar-refractivity contribution in [2.45, 2.75) is 65.1 Å². The fraction of sp³-hybridized carbons (Fsp3) is 0.375. The Kier molecular flexibility index (Phi) is 11.9. The highest BCUT2D eigenvalue weighted by Gasteiger charge is 2.32. The van der Waals surface area contributed by atoms with Gasteiger partial charge in [0.2, 0.25) is 21.8 Å². The molecule has 2 amide bonds. The molecule has 0 fully saturated rings. The van der Waals surface area contributed by atoms with Gasteiger partial charge in [0.05, 0.1) is 22.0 Å². The summed E-state index contributed by atoms with van der Waals surface area (Å²) in [6.45, 7) is 7.61. The Balaban J connectivity index is 1.94. The molecule has 0 aliphatic carbocycles. The number of carbonyl (C=O) groups excluding carboxylic acids is 2. The lowest BCUT2D eigenvalue weighted by Crippen LogP contribution is -2.54. The maximum atomic E-state index is 14.0. The number of nitrogens with zero attached hydrogens (tertiary/aromatic N) is 2. The first-order valence-corrected chi connectivity index (χ1v) is 16.9. The summed E-state index contributed by atoms with van der Waals surface area (Å²) in [4.78, 5) is 29.3. The van der Waals surface area contributed by atoms with Crippen LogP contribution < -0.4 is 9.62 Å². The Morgan fingerprint density at radius 3 is 2.19 bits per heavy atom. The minimum absolute atomic E-state index is 0.00103. The fourth-order valence-electron chi connectivity index (χ4n) is 4.68. The Morgan fingerprint density at radius 2 is 1.58 bits per heavy atom. The van der Waals surface area contributed by atoms with Gasteiger partial charge in [-0.3, -0.25) is 13.9 Å². The van der Waals surface area contributed by atoms with Gasteiger partial charge in [-0.15, -0.1) is 0 Å². The Bertz CT molecular complexity index is 1540. The number of aryl methyl sites for hydroxylation is 1. The van der Waals surface area contributed by atoms with Crippen molar-refractivity contribution >= 4 is 62.3 Å². The van der Waals surface area contributed by atoms with Gasteiger partial charge >= 0.3 is 0 Å². The average Bonchev–Trinajstić information content (AvgIpc) is 2.91. The minimum atomic E-state index is -3.67. The molecule has 0 aliphatic heterocycles. The molecule has 0 aliphatic rings. The van der Waals surface area contributed by atoms with Crippen molar-refractivity contribution in [1.82, 2.24) is 10.2 Å². The van der Waals surface area contributed by atoms with Crippen molar-refractivity contribution in [1.29, 1.82) is 0 Å². The van der Waals surface area contributed by atoms with Crippen molar-refractivity contribution in [3.05, 3.63) is 98.5 Å². The lowest BCUT2D eigenvalue weighted by molar-refractivity contribution is -0.142. The maximum absolute atomic E-state index is 14.0. The first-order chi connectivity index (χ1) is 20.0. The van der Waals surface area contributed by atoms with Crippen LogP contribution in [0.1, 0.15) is 50.3 Å². The van der Waals surface area contributed by atoms with Crippen molar-refractivity contribution in [3.63, 3.8) is 0 Å². The van der Waals surface area contributed by atoms with Gasteiger partial charge in [0, 0.05) is 36.5 Å². The standard InChI is InChI=1S/C32H38Cl3N3O4S/c1-22-13-15-25(33)20-28(22)38(43(5,41)42)17-9-12-30(39)37(21-24-14-16-26(34)27(35)18-24)29(31(40)36-32(2,3)4)19-23-10-7-6-8-11-23/h6-8,10-11,13-16,18,20,29H,9,12,17,19,21H2,1-5H3,(H,36,40). The number of hydrogen-bond donors (Lipinski definition) is 1. The molecule has 7 nitrogen and oxygen atoms in total. The van der Waals surface area contributed by atoms with Gasteiger partial charge in [-0.2, -0.15) is 0 Å². The number of sulfonamides is 1. The van der Waals surface area contributed by atoms with Gasteiger partial charge in [-0.05, 0) is 75.1 Å². The number of carbonyl (C=O) groups is 2. The van der Waals surface area contributed by atoms with Crippen LogP contribution in [0, 0.1) is 6.92 Å². The molecule has 0 bridgehead atoms. The molecule has 43 heavy (non-hydrogen) atoms. The largest absolute Gasteiger partial charge is 0.350 e. The third-order valence-corrected chi connectivity index (χ3v) is 8.85. The Labute approximate surface area is 270 Å². The molecule has 0 spiro atoms. The van der Waals surface area contributed by atoms with Crippen LogP contribution in [0.25, 0.3) is 0 Å². The number of rotatable bonds is 12. The van der Waals surface area contributed by atoms with E-state index in [0.29, 0.717) is 26.3 Å². The summed E-state index contributed by atoms with van der Waals surface area (Å²) in [5, 5.41) is 4.16. The molecule has 1 atom stereocenters. The lowest BCUT2D eigenvalue weighted by atomic mass is 10.00. The first kappa shape index (κ1) is 34.7. The second kappa shape index (κ2) is 14.8. The molecule has 232 valence electrons. The number of halogens is 3. The normalized spacial score (nSPS) is 12.5. The minimum Gasteiger partial charge on any atom is -0.350 e. The number of amides is 2. The molecule has 0 saturated heterocycles. The fourth-order valence-corrected chi connectivity index (χ4v) is 6.18. The molecule has 0 radical (unpaired) electrons. The highest BCUT2D eigenvalue weighted by molar-refractivity contribution is 7.92. The van der Waals surface area contributed by atoms with Gasteiger partial charge in [0.25, 0.3) is 0 Å². The van der Waals surface area contributed by atoms with Crippen LogP contribution in [0.4, 0.5) is 5.69 Å². The van der Waals surface area contributed by atoms with Crippen LogP contribution in [-0.2, 0) is 32.6 Å². The summed E-state index contributed by atoms with van der Waals surface area (Å²) in [7, 11) is -3.67. The predicted molar refractivity (Wildman–Crippen MR) is 176 cm³/mol. The van der Waals surface area contributed by atoms with Crippen LogP contribution in [-0.4, -0.2) is 49.5 Å². The molecule has 3 aromatic rings. The first-order valence-electron chi connectivity index (χ1n) is 13.9. The van der Waals surface area contributed by atoms with Gasteiger partial charge in [-0.25, -0.2) is 8.42 Å². The molecular weight excluding hydrogens is 629 g/mol. The summed E-state index contributed by atoms with van der Waals surface area (Å²) in [6.07, 6.45) is 1.63. The molecule has 0 saturated carbocycles. The number of hydrogen-bond acceptors (Lipinski definition) is 4. The van der Waals surface area contributed by atoms with Crippen LogP contribution in [0.5, 0.6) is 0 Å². The number of anilines is 1. The van der Waals surface area contributed by atoms with E-state index < -0.39 is 21.6 Å². The zero-order chi connectivity index (χ0) is 31.9. The van der Waals surface area contributed by atoms with E-state index in [-0.39, 0.29) is 44.2 Å². The van der Waals surface area contributed by atoms with E-state index in [1.54, 1.807) is 48.2 Å². The highest BCUT2D eigenvalue weighted by atomic mass is 35.5. The summed E-state index contributed by atoms with van der Waals surface area (Å²) in [6, 6.07) is 18.8. The second-order valence-electron chi connectivity index (χ2n) is 11.6. The molecule has 3 aromatic carbocycles. The van der Waals surface area contributed by atoms with Crippen molar-refractivity contribution < 1.29 is 18.0 Å². The van der Waals surface area contributed by atoms with Crippen molar-refractivity contribution in [2.24, 2.45) is 0 Å². The zero-order valence-electron chi connectivity index (χ0n) is 25.0.